The van der Waals surface area contributed by atoms with Crippen LogP contribution in [0.5, 0.6) is 0 Å². The van der Waals surface area contributed by atoms with Crippen LogP contribution >= 0.6 is 0 Å². The molecule has 0 spiro atoms. The van der Waals surface area contributed by atoms with E-state index in [1.165, 1.54) is 4.90 Å². The standard InChI is InChI=1S/C11H17N3O2S/c1-14(2)11(15)10-8-9(4-5-13-10)12-6-7-17(3)16/h4-5,8H,6-7H2,1-3H3,(H,12,13). The van der Waals surface area contributed by atoms with Crippen molar-refractivity contribution in [1.29, 1.82) is 0 Å². The summed E-state index contributed by atoms with van der Waals surface area (Å²) >= 11 is 0. The highest BCUT2D eigenvalue weighted by atomic mass is 32.2. The number of pyridine rings is 1. The lowest BCUT2D eigenvalue weighted by Gasteiger charge is -2.11. The molecule has 0 saturated heterocycles. The molecule has 17 heavy (non-hydrogen) atoms. The molecular formula is C11H17N3O2S. The lowest BCUT2D eigenvalue weighted by molar-refractivity contribution is 0.0822. The van der Waals surface area contributed by atoms with Crippen molar-refractivity contribution in [2.24, 2.45) is 0 Å². The number of carbonyl (C=O) groups excluding carboxylic acids is 1. The molecule has 1 aromatic rings. The highest BCUT2D eigenvalue weighted by Gasteiger charge is 2.09. The third-order valence-corrected chi connectivity index (χ3v) is 2.88. The molecule has 5 nitrogen and oxygen atoms in total. The fraction of sp³-hybridized carbons (Fsp3) is 0.455. The van der Waals surface area contributed by atoms with Crippen LogP contribution in [0.1, 0.15) is 10.5 Å². The van der Waals surface area contributed by atoms with E-state index in [1.54, 1.807) is 38.7 Å². The first-order valence-electron chi connectivity index (χ1n) is 5.22. The molecule has 0 aliphatic carbocycles. The van der Waals surface area contributed by atoms with Gasteiger partial charge in [0.2, 0.25) is 0 Å². The molecule has 1 aromatic heterocycles. The van der Waals surface area contributed by atoms with Crippen LogP contribution in [0.2, 0.25) is 0 Å². The van der Waals surface area contributed by atoms with E-state index in [4.69, 9.17) is 0 Å². The Morgan fingerprint density at radius 1 is 1.53 bits per heavy atom. The first-order chi connectivity index (χ1) is 8.00. The molecule has 1 amide bonds. The van der Waals surface area contributed by atoms with Gasteiger partial charge in [-0.3, -0.25) is 14.0 Å². The summed E-state index contributed by atoms with van der Waals surface area (Å²) in [4.78, 5) is 17.2. The molecule has 0 saturated carbocycles. The highest BCUT2D eigenvalue weighted by Crippen LogP contribution is 2.08. The van der Waals surface area contributed by atoms with Gasteiger partial charge in [-0.05, 0) is 12.1 Å². The van der Waals surface area contributed by atoms with Gasteiger partial charge in [-0.25, -0.2) is 0 Å². The maximum atomic E-state index is 11.7. The summed E-state index contributed by atoms with van der Waals surface area (Å²) in [6.07, 6.45) is 3.25. The Morgan fingerprint density at radius 3 is 2.82 bits per heavy atom. The van der Waals surface area contributed by atoms with E-state index >= 15 is 0 Å². The minimum atomic E-state index is -0.814. The summed E-state index contributed by atoms with van der Waals surface area (Å²) < 4.78 is 10.9. The minimum absolute atomic E-state index is 0.132. The average molecular weight is 255 g/mol. The molecule has 0 aromatic carbocycles. The number of rotatable bonds is 5. The SMILES string of the molecule is CN(C)C(=O)c1cc(NCCS(C)=O)ccn1. The Morgan fingerprint density at radius 2 is 2.24 bits per heavy atom. The number of anilines is 1. The van der Waals surface area contributed by atoms with E-state index in [0.717, 1.165) is 5.69 Å². The number of hydrogen-bond acceptors (Lipinski definition) is 4. The molecule has 0 aliphatic heterocycles. The minimum Gasteiger partial charge on any atom is -0.384 e. The lowest BCUT2D eigenvalue weighted by Crippen LogP contribution is -2.22. The Kier molecular flexibility index (Phi) is 5.09. The van der Waals surface area contributed by atoms with Crippen molar-refractivity contribution in [3.63, 3.8) is 0 Å². The van der Waals surface area contributed by atoms with Gasteiger partial charge in [0.25, 0.3) is 5.91 Å². The number of nitrogens with zero attached hydrogens (tertiary/aromatic N) is 2. The maximum Gasteiger partial charge on any atom is 0.272 e. The summed E-state index contributed by atoms with van der Waals surface area (Å²) in [5.41, 5.74) is 1.22. The van der Waals surface area contributed by atoms with Crippen LogP contribution in [0.15, 0.2) is 18.3 Å². The van der Waals surface area contributed by atoms with Gasteiger partial charge in [0, 0.05) is 55.3 Å². The van der Waals surface area contributed by atoms with Gasteiger partial charge in [-0.1, -0.05) is 0 Å². The number of carbonyl (C=O) groups is 1. The topological polar surface area (TPSA) is 62.3 Å². The monoisotopic (exact) mass is 255 g/mol. The molecule has 0 bridgehead atoms. The van der Waals surface area contributed by atoms with Crippen molar-refractivity contribution in [2.45, 2.75) is 0 Å². The normalized spacial score (nSPS) is 11.9. The summed E-state index contributed by atoms with van der Waals surface area (Å²) in [6.45, 7) is 0.614. The Labute approximate surface area is 104 Å². The van der Waals surface area contributed by atoms with Crippen molar-refractivity contribution in [3.8, 4) is 0 Å². The van der Waals surface area contributed by atoms with E-state index < -0.39 is 10.8 Å². The molecule has 94 valence electrons. The quantitative estimate of drug-likeness (QED) is 0.835. The Balaban J connectivity index is 2.66. The number of amides is 1. The molecule has 1 N–H and O–H groups in total. The largest absolute Gasteiger partial charge is 0.384 e. The second-order valence-electron chi connectivity index (χ2n) is 3.83. The second-order valence-corrected chi connectivity index (χ2v) is 5.39. The third kappa shape index (κ3) is 4.52. The fourth-order valence-electron chi connectivity index (χ4n) is 1.23. The maximum absolute atomic E-state index is 11.7. The summed E-state index contributed by atoms with van der Waals surface area (Å²) in [7, 11) is 2.56. The average Bonchev–Trinajstić information content (AvgIpc) is 2.28. The van der Waals surface area contributed by atoms with Crippen LogP contribution in [0.4, 0.5) is 5.69 Å². The van der Waals surface area contributed by atoms with Crippen LogP contribution in [0, 0.1) is 0 Å². The van der Waals surface area contributed by atoms with Gasteiger partial charge in [0.1, 0.15) is 5.69 Å². The van der Waals surface area contributed by atoms with Gasteiger partial charge in [-0.15, -0.1) is 0 Å². The summed E-state index contributed by atoms with van der Waals surface area (Å²) in [5, 5.41) is 3.11. The third-order valence-electron chi connectivity index (χ3n) is 2.10. The van der Waals surface area contributed by atoms with E-state index in [-0.39, 0.29) is 5.91 Å². The zero-order valence-corrected chi connectivity index (χ0v) is 11.1. The molecule has 0 fully saturated rings. The van der Waals surface area contributed by atoms with E-state index in [0.29, 0.717) is 18.0 Å². The van der Waals surface area contributed by atoms with Crippen LogP contribution in [-0.2, 0) is 10.8 Å². The van der Waals surface area contributed by atoms with Crippen LogP contribution < -0.4 is 5.32 Å². The first kappa shape index (κ1) is 13.6. The van der Waals surface area contributed by atoms with Crippen molar-refractivity contribution < 1.29 is 9.00 Å². The summed E-state index contributed by atoms with van der Waals surface area (Å²) in [5.74, 6) is 0.451. The molecule has 1 unspecified atom stereocenters. The molecule has 1 atom stereocenters. The van der Waals surface area contributed by atoms with Crippen molar-refractivity contribution in [1.82, 2.24) is 9.88 Å². The highest BCUT2D eigenvalue weighted by molar-refractivity contribution is 7.84. The Bertz CT molecular complexity index is 421. The lowest BCUT2D eigenvalue weighted by atomic mass is 10.3. The molecule has 0 aliphatic rings. The van der Waals surface area contributed by atoms with Crippen molar-refractivity contribution >= 4 is 22.4 Å². The molecule has 1 rings (SSSR count). The van der Waals surface area contributed by atoms with Gasteiger partial charge >= 0.3 is 0 Å². The molecular weight excluding hydrogens is 238 g/mol. The Hall–Kier alpha value is -1.43. The summed E-state index contributed by atoms with van der Waals surface area (Å²) in [6, 6.07) is 3.48. The van der Waals surface area contributed by atoms with Crippen molar-refractivity contribution in [2.75, 3.05) is 38.0 Å². The van der Waals surface area contributed by atoms with Gasteiger partial charge < -0.3 is 10.2 Å². The van der Waals surface area contributed by atoms with E-state index in [1.807, 2.05) is 0 Å². The van der Waals surface area contributed by atoms with E-state index in [9.17, 15) is 9.00 Å². The fourth-order valence-corrected chi connectivity index (χ4v) is 1.62. The van der Waals surface area contributed by atoms with Gasteiger partial charge in [-0.2, -0.15) is 0 Å². The predicted octanol–water partition coefficient (Wildman–Crippen LogP) is 0.574. The van der Waals surface area contributed by atoms with Gasteiger partial charge in [0.15, 0.2) is 0 Å². The van der Waals surface area contributed by atoms with Gasteiger partial charge in [0.05, 0.1) is 0 Å². The zero-order chi connectivity index (χ0) is 12.8. The number of hydrogen-bond donors (Lipinski definition) is 1. The van der Waals surface area contributed by atoms with E-state index in [2.05, 4.69) is 10.3 Å². The van der Waals surface area contributed by atoms with Crippen LogP contribution in [0.25, 0.3) is 0 Å². The van der Waals surface area contributed by atoms with Crippen LogP contribution in [0.3, 0.4) is 0 Å². The molecule has 6 heteroatoms. The van der Waals surface area contributed by atoms with Crippen LogP contribution in [-0.4, -0.2) is 52.6 Å². The molecule has 0 radical (unpaired) electrons. The molecule has 1 heterocycles. The second kappa shape index (κ2) is 6.34. The smallest absolute Gasteiger partial charge is 0.272 e. The zero-order valence-electron chi connectivity index (χ0n) is 10.3. The first-order valence-corrected chi connectivity index (χ1v) is 6.95. The number of nitrogens with one attached hydrogen (secondary N) is 1. The predicted molar refractivity (Wildman–Crippen MR) is 69.7 cm³/mol. The van der Waals surface area contributed by atoms with Crippen molar-refractivity contribution in [3.05, 3.63) is 24.0 Å². The number of aromatic nitrogens is 1.